The maximum atomic E-state index is 11.7. The first-order chi connectivity index (χ1) is 19.8. The molecule has 0 aromatic heterocycles. The van der Waals surface area contributed by atoms with E-state index < -0.39 is 124 Å². The molecule has 20 heteroatoms. The van der Waals surface area contributed by atoms with Crippen LogP contribution in [0.25, 0.3) is 0 Å². The molecule has 42 heavy (non-hydrogen) atoms. The molecule has 3 heterocycles. The van der Waals surface area contributed by atoms with Crippen molar-refractivity contribution in [3.8, 4) is 0 Å². The highest BCUT2D eigenvalue weighted by atomic mass is 16.7. The number of aliphatic hydroxyl groups excluding tert-OH is 7. The number of hydrogen-bond donors (Lipinski definition) is 14. The molecule has 0 radical (unpaired) electrons. The van der Waals surface area contributed by atoms with Crippen molar-refractivity contribution in [3.05, 3.63) is 0 Å². The summed E-state index contributed by atoms with van der Waals surface area (Å²) in [6, 6.07) is -2.71. The summed E-state index contributed by atoms with van der Waals surface area (Å²) in [6.07, 6.45) is -20.5. The van der Waals surface area contributed by atoms with Crippen LogP contribution in [0.5, 0.6) is 0 Å². The highest BCUT2D eigenvalue weighted by molar-refractivity contribution is 5.12. The van der Waals surface area contributed by atoms with Gasteiger partial charge in [-0.2, -0.15) is 0 Å². The van der Waals surface area contributed by atoms with Crippen LogP contribution in [0.4, 0.5) is 0 Å². The Morgan fingerprint density at radius 2 is 1.26 bits per heavy atom. The summed E-state index contributed by atoms with van der Waals surface area (Å²) >= 11 is 0. The Labute approximate surface area is 240 Å². The van der Waals surface area contributed by atoms with Crippen LogP contribution in [0.1, 0.15) is 0 Å². The molecule has 0 bridgehead atoms. The van der Waals surface area contributed by atoms with Crippen LogP contribution in [0, 0.1) is 0 Å². The standard InChI is InChI=1S/C22H46N6O14/c23-1-6-12(31)14(33)10(25)17(39-6)22(36)18(16(35)19(27)42-21(22)28)38-5-37-8(3-29)9(4-30)41-20-11(26)15(34)13(32)7(2-24)40-20/h6-21,29-36H,1-5,23-28H2/t6?,7?,8-,9?,10?,11?,12-,13-,14?,15?,16?,17+,18?,19-,20-,21?,22+/m1/s1. The molecule has 10 unspecified atom stereocenters. The average molecular weight is 619 g/mol. The average Bonchev–Trinajstić information content (AvgIpc) is 2.97. The lowest BCUT2D eigenvalue weighted by Gasteiger charge is -2.55. The third-order valence-corrected chi connectivity index (χ3v) is 7.94. The van der Waals surface area contributed by atoms with Crippen molar-refractivity contribution in [3.63, 3.8) is 0 Å². The molecule has 0 aromatic carbocycles. The number of ether oxygens (including phenoxy) is 6. The minimum atomic E-state index is -2.49. The normalized spacial score (nSPS) is 48.1. The van der Waals surface area contributed by atoms with Gasteiger partial charge in [0.2, 0.25) is 0 Å². The second-order valence-electron chi connectivity index (χ2n) is 10.6. The van der Waals surface area contributed by atoms with Crippen LogP contribution in [-0.2, 0) is 28.4 Å². The molecule has 0 aliphatic carbocycles. The fourth-order valence-electron chi connectivity index (χ4n) is 5.29. The number of rotatable bonds is 12. The molecule has 0 amide bonds. The second-order valence-corrected chi connectivity index (χ2v) is 10.6. The Morgan fingerprint density at radius 1 is 0.714 bits per heavy atom. The molecule has 3 fully saturated rings. The molecule has 3 aliphatic rings. The first-order valence-electron chi connectivity index (χ1n) is 13.4. The van der Waals surface area contributed by atoms with E-state index >= 15 is 0 Å². The van der Waals surface area contributed by atoms with Gasteiger partial charge < -0.3 is 104 Å². The van der Waals surface area contributed by atoms with Crippen LogP contribution < -0.4 is 34.4 Å². The first kappa shape index (κ1) is 35.7. The first-order valence-corrected chi connectivity index (χ1v) is 13.4. The fourth-order valence-corrected chi connectivity index (χ4v) is 5.29. The zero-order chi connectivity index (χ0) is 31.5. The van der Waals surface area contributed by atoms with Gasteiger partial charge >= 0.3 is 0 Å². The molecule has 17 atom stereocenters. The van der Waals surface area contributed by atoms with E-state index in [0.29, 0.717) is 0 Å². The van der Waals surface area contributed by atoms with Crippen LogP contribution in [-0.4, -0.2) is 178 Å². The van der Waals surface area contributed by atoms with E-state index in [2.05, 4.69) is 0 Å². The highest BCUT2D eigenvalue weighted by Crippen LogP contribution is 2.37. The third kappa shape index (κ3) is 6.88. The van der Waals surface area contributed by atoms with Gasteiger partial charge in [0.1, 0.15) is 80.3 Å². The summed E-state index contributed by atoms with van der Waals surface area (Å²) in [5, 5.41) is 83.3. The lowest BCUT2D eigenvalue weighted by atomic mass is 9.76. The second kappa shape index (κ2) is 15.0. The molecular weight excluding hydrogens is 572 g/mol. The SMILES string of the molecule is NCC1O[C@H](OC(CO)[C@@H](CO)OCOC2C(O)[C@H](N)OC(N)[C@]2(O)[C@H]2OC(CN)[C@@H](O)C(O)C2N)C(N)C(O)[C@@H]1O. The third-order valence-electron chi connectivity index (χ3n) is 7.94. The van der Waals surface area contributed by atoms with Crippen LogP contribution in [0.15, 0.2) is 0 Å². The molecule has 3 aliphatic heterocycles. The Kier molecular flexibility index (Phi) is 12.7. The van der Waals surface area contributed by atoms with Crippen LogP contribution in [0.2, 0.25) is 0 Å². The van der Waals surface area contributed by atoms with Gasteiger partial charge in [-0.25, -0.2) is 0 Å². The summed E-state index contributed by atoms with van der Waals surface area (Å²) in [4.78, 5) is 0. The van der Waals surface area contributed by atoms with E-state index in [-0.39, 0.29) is 13.1 Å². The smallest absolute Gasteiger partial charge is 0.176 e. The molecule has 3 saturated heterocycles. The molecule has 0 spiro atoms. The molecule has 248 valence electrons. The largest absolute Gasteiger partial charge is 0.394 e. The van der Waals surface area contributed by atoms with Gasteiger partial charge in [-0.3, -0.25) is 0 Å². The fraction of sp³-hybridized carbons (Fsp3) is 1.00. The Bertz CT molecular complexity index is 838. The van der Waals surface area contributed by atoms with Crippen molar-refractivity contribution in [2.75, 3.05) is 33.1 Å². The predicted molar refractivity (Wildman–Crippen MR) is 137 cm³/mol. The number of nitrogens with two attached hydrogens (primary N) is 6. The monoisotopic (exact) mass is 618 g/mol. The molecular formula is C22H46N6O14. The van der Waals surface area contributed by atoms with Crippen molar-refractivity contribution in [1.82, 2.24) is 0 Å². The van der Waals surface area contributed by atoms with E-state index in [1.165, 1.54) is 0 Å². The molecule has 20 N–H and O–H groups in total. The maximum absolute atomic E-state index is 11.7. The van der Waals surface area contributed by atoms with Crippen LogP contribution in [0.3, 0.4) is 0 Å². The van der Waals surface area contributed by atoms with Gasteiger partial charge in [0, 0.05) is 13.1 Å². The summed E-state index contributed by atoms with van der Waals surface area (Å²) in [6.45, 7) is -2.73. The highest BCUT2D eigenvalue weighted by Gasteiger charge is 2.63. The van der Waals surface area contributed by atoms with E-state index in [0.717, 1.165) is 0 Å². The Morgan fingerprint density at radius 3 is 1.81 bits per heavy atom. The molecule has 20 nitrogen and oxygen atoms in total. The summed E-state index contributed by atoms with van der Waals surface area (Å²) < 4.78 is 33.2. The molecule has 0 saturated carbocycles. The topological polar surface area (TPSA) is 373 Å². The van der Waals surface area contributed by atoms with Gasteiger partial charge in [-0.15, -0.1) is 0 Å². The Balaban J connectivity index is 1.74. The minimum Gasteiger partial charge on any atom is -0.394 e. The molecule has 0 aromatic rings. The number of hydrogen-bond acceptors (Lipinski definition) is 20. The van der Waals surface area contributed by atoms with Crippen molar-refractivity contribution in [1.29, 1.82) is 0 Å². The van der Waals surface area contributed by atoms with E-state index in [4.69, 9.17) is 62.8 Å². The van der Waals surface area contributed by atoms with Crippen LogP contribution >= 0.6 is 0 Å². The summed E-state index contributed by atoms with van der Waals surface area (Å²) in [5.41, 5.74) is 32.5. The van der Waals surface area contributed by atoms with Crippen molar-refractivity contribution >= 4 is 0 Å². The van der Waals surface area contributed by atoms with E-state index in [1.807, 2.05) is 0 Å². The van der Waals surface area contributed by atoms with E-state index in [1.54, 1.807) is 0 Å². The van der Waals surface area contributed by atoms with Gasteiger partial charge in [0.25, 0.3) is 0 Å². The minimum absolute atomic E-state index is 0.181. The maximum Gasteiger partial charge on any atom is 0.176 e. The molecule has 3 rings (SSSR count). The van der Waals surface area contributed by atoms with Gasteiger partial charge in [-0.05, 0) is 0 Å². The lowest BCUT2D eigenvalue weighted by molar-refractivity contribution is -0.342. The zero-order valence-electron chi connectivity index (χ0n) is 22.8. The van der Waals surface area contributed by atoms with E-state index in [9.17, 15) is 40.9 Å². The van der Waals surface area contributed by atoms with Gasteiger partial charge in [0.05, 0.1) is 31.4 Å². The lowest BCUT2D eigenvalue weighted by Crippen LogP contribution is -2.80. The Hall–Kier alpha value is -0.800. The zero-order valence-corrected chi connectivity index (χ0v) is 22.8. The summed E-state index contributed by atoms with van der Waals surface area (Å²) in [5.74, 6) is 0. The predicted octanol–water partition coefficient (Wildman–Crippen LogP) is -9.72. The van der Waals surface area contributed by atoms with Gasteiger partial charge in [-0.1, -0.05) is 0 Å². The number of aliphatic hydroxyl groups is 8. The van der Waals surface area contributed by atoms with Crippen molar-refractivity contribution in [2.24, 2.45) is 34.4 Å². The van der Waals surface area contributed by atoms with Crippen molar-refractivity contribution < 1.29 is 69.3 Å². The van der Waals surface area contributed by atoms with Crippen molar-refractivity contribution in [2.45, 2.75) is 104 Å². The quantitative estimate of drug-likeness (QED) is 0.0902. The van der Waals surface area contributed by atoms with Gasteiger partial charge in [0.15, 0.2) is 11.9 Å². The summed E-state index contributed by atoms with van der Waals surface area (Å²) in [7, 11) is 0.